The van der Waals surface area contributed by atoms with Crippen molar-refractivity contribution in [2.75, 3.05) is 0 Å². The average molecular weight is 262 g/mol. The van der Waals surface area contributed by atoms with Crippen LogP contribution in [0.1, 0.15) is 0 Å². The lowest BCUT2D eigenvalue weighted by molar-refractivity contribution is 1.10. The minimum Gasteiger partial charge on any atom is -0.331 e. The smallest absolute Gasteiger partial charge is 0.331 e. The third kappa shape index (κ3) is 1.13. The summed E-state index contributed by atoms with van der Waals surface area (Å²) >= 11 is 2.03. The van der Waals surface area contributed by atoms with Gasteiger partial charge in [0.2, 0.25) is 0 Å². The maximum atomic E-state index is 10.7. The molecule has 0 atom stereocenters. The fourth-order valence-electron chi connectivity index (χ4n) is 0.802. The zero-order chi connectivity index (χ0) is 7.84. The highest BCUT2D eigenvalue weighted by Crippen LogP contribution is 2.05. The minimum atomic E-state index is -0.375. The Morgan fingerprint density at radius 3 is 3.09 bits per heavy atom. The summed E-state index contributed by atoms with van der Waals surface area (Å²) in [6.07, 6.45) is 1.46. The van der Waals surface area contributed by atoms with Crippen molar-refractivity contribution >= 4 is 33.8 Å². The van der Waals surface area contributed by atoms with E-state index in [1.165, 1.54) is 6.20 Å². The molecule has 0 aliphatic rings. The van der Waals surface area contributed by atoms with E-state index in [9.17, 15) is 4.79 Å². The second-order valence-electron chi connectivity index (χ2n) is 1.98. The summed E-state index contributed by atoms with van der Waals surface area (Å²) in [7, 11) is 0. The normalized spacial score (nSPS) is 10.6. The van der Waals surface area contributed by atoms with Gasteiger partial charge in [0, 0.05) is 0 Å². The molecule has 0 amide bonds. The number of nitrogens with one attached hydrogen (secondary N) is 2. The summed E-state index contributed by atoms with van der Waals surface area (Å²) in [4.78, 5) is 23.6. The molecule has 0 radical (unpaired) electrons. The molecule has 2 aromatic rings. The van der Waals surface area contributed by atoms with Crippen LogP contribution < -0.4 is 5.69 Å². The Morgan fingerprint density at radius 2 is 2.27 bits per heavy atom. The number of hydrogen-bond acceptors (Lipinski definition) is 3. The molecule has 56 valence electrons. The summed E-state index contributed by atoms with van der Waals surface area (Å²) in [5.74, 6) is 0. The lowest BCUT2D eigenvalue weighted by Crippen LogP contribution is -2.08. The van der Waals surface area contributed by atoms with Crippen LogP contribution in [-0.4, -0.2) is 19.9 Å². The van der Waals surface area contributed by atoms with E-state index < -0.39 is 0 Å². The second kappa shape index (κ2) is 2.29. The third-order valence-corrected chi connectivity index (χ3v) is 1.75. The molecule has 0 aliphatic heterocycles. The van der Waals surface area contributed by atoms with Gasteiger partial charge in [0.15, 0.2) is 9.48 Å². The molecule has 5 nitrogen and oxygen atoms in total. The molecule has 0 unspecified atom stereocenters. The first kappa shape index (κ1) is 6.77. The van der Waals surface area contributed by atoms with Crippen LogP contribution in [0.25, 0.3) is 11.2 Å². The number of rotatable bonds is 0. The average Bonchev–Trinajstić information content (AvgIpc) is 2.27. The molecule has 11 heavy (non-hydrogen) atoms. The fourth-order valence-corrected chi connectivity index (χ4v) is 1.33. The van der Waals surface area contributed by atoms with Gasteiger partial charge >= 0.3 is 5.69 Å². The number of aromatic nitrogens is 4. The molecule has 2 N–H and O–H groups in total. The quantitative estimate of drug-likeness (QED) is 0.528. The number of halogens is 1. The molecule has 0 fully saturated rings. The number of nitrogens with zero attached hydrogens (tertiary/aromatic N) is 2. The van der Waals surface area contributed by atoms with Crippen molar-refractivity contribution in [2.45, 2.75) is 0 Å². The van der Waals surface area contributed by atoms with E-state index in [-0.39, 0.29) is 5.69 Å². The molecule has 2 aromatic heterocycles. The molecule has 0 saturated carbocycles. The molecule has 0 aromatic carbocycles. The van der Waals surface area contributed by atoms with Crippen LogP contribution in [0, 0.1) is 3.83 Å². The van der Waals surface area contributed by atoms with Gasteiger partial charge in [-0.25, -0.2) is 9.78 Å². The standard InChI is InChI=1S/C5H3IN4O/c6-4-8-2-1-7-5(11)10-3(2)9-4/h1H,(H2,7,8,9,10,11). The number of hydrogen-bond donors (Lipinski definition) is 2. The highest BCUT2D eigenvalue weighted by atomic mass is 127. The minimum absolute atomic E-state index is 0.375. The monoisotopic (exact) mass is 262 g/mol. The predicted octanol–water partition coefficient (Wildman–Crippen LogP) is 0.251. The first-order valence-corrected chi connectivity index (χ1v) is 3.94. The van der Waals surface area contributed by atoms with Crippen LogP contribution in [-0.2, 0) is 0 Å². The molecule has 2 heterocycles. The van der Waals surface area contributed by atoms with Gasteiger partial charge in [-0.05, 0) is 22.6 Å². The highest BCUT2D eigenvalue weighted by Gasteiger charge is 1.99. The highest BCUT2D eigenvalue weighted by molar-refractivity contribution is 14.1. The fraction of sp³-hybridized carbons (Fsp3) is 0. The molecule has 2 rings (SSSR count). The van der Waals surface area contributed by atoms with Gasteiger partial charge in [0.1, 0.15) is 5.52 Å². The van der Waals surface area contributed by atoms with Crippen molar-refractivity contribution < 1.29 is 0 Å². The zero-order valence-corrected chi connectivity index (χ0v) is 7.42. The van der Waals surface area contributed by atoms with Crippen LogP contribution in [0.4, 0.5) is 0 Å². The van der Waals surface area contributed by atoms with Crippen molar-refractivity contribution in [1.29, 1.82) is 0 Å². The lowest BCUT2D eigenvalue weighted by atomic mass is 10.6. The van der Waals surface area contributed by atoms with Crippen molar-refractivity contribution in [2.24, 2.45) is 0 Å². The number of fused-ring (bicyclic) bond motifs is 1. The van der Waals surface area contributed by atoms with Gasteiger partial charge in [-0.15, -0.1) is 0 Å². The number of imidazole rings is 1. The molecule has 0 bridgehead atoms. The Morgan fingerprint density at radius 1 is 1.45 bits per heavy atom. The Bertz CT molecular complexity index is 445. The van der Waals surface area contributed by atoms with E-state index in [1.807, 2.05) is 22.6 Å². The maximum Gasteiger partial charge on any atom is 0.346 e. The van der Waals surface area contributed by atoms with Gasteiger partial charge in [-0.1, -0.05) is 0 Å². The van der Waals surface area contributed by atoms with E-state index in [1.54, 1.807) is 0 Å². The third-order valence-electron chi connectivity index (χ3n) is 1.24. The van der Waals surface area contributed by atoms with Gasteiger partial charge in [0.25, 0.3) is 0 Å². The van der Waals surface area contributed by atoms with Gasteiger partial charge in [0.05, 0.1) is 6.20 Å². The SMILES string of the molecule is O=c1ncc2[nH]c(I)nc2[nH]1. The zero-order valence-electron chi connectivity index (χ0n) is 5.26. The Balaban J connectivity index is 2.92. The Hall–Kier alpha value is -0.920. The van der Waals surface area contributed by atoms with Gasteiger partial charge in [-0.3, -0.25) is 4.98 Å². The maximum absolute atomic E-state index is 10.7. The van der Waals surface area contributed by atoms with E-state index in [0.717, 1.165) is 9.35 Å². The first-order chi connectivity index (χ1) is 5.25. The summed E-state index contributed by atoms with van der Waals surface area (Å²) in [5.41, 5.74) is 0.920. The Kier molecular flexibility index (Phi) is 1.41. The molecule has 6 heteroatoms. The molecular formula is C5H3IN4O. The van der Waals surface area contributed by atoms with Gasteiger partial charge in [-0.2, -0.15) is 4.98 Å². The molecule has 0 aliphatic carbocycles. The predicted molar refractivity (Wildman–Crippen MR) is 47.2 cm³/mol. The lowest BCUT2D eigenvalue weighted by Gasteiger charge is -1.81. The number of aromatic amines is 2. The van der Waals surface area contributed by atoms with Crippen LogP contribution in [0.2, 0.25) is 0 Å². The summed E-state index contributed by atoms with van der Waals surface area (Å²) < 4.78 is 0.737. The molecule has 0 spiro atoms. The van der Waals surface area contributed by atoms with E-state index in [4.69, 9.17) is 0 Å². The van der Waals surface area contributed by atoms with Crippen molar-refractivity contribution in [3.8, 4) is 0 Å². The van der Waals surface area contributed by atoms with Crippen molar-refractivity contribution in [1.82, 2.24) is 19.9 Å². The van der Waals surface area contributed by atoms with E-state index in [0.29, 0.717) is 5.65 Å². The Labute approximate surface area is 74.4 Å². The molecule has 0 saturated heterocycles. The van der Waals surface area contributed by atoms with Crippen LogP contribution >= 0.6 is 22.6 Å². The largest absolute Gasteiger partial charge is 0.346 e. The molecular weight excluding hydrogens is 259 g/mol. The van der Waals surface area contributed by atoms with Gasteiger partial charge < -0.3 is 4.98 Å². The van der Waals surface area contributed by atoms with E-state index in [2.05, 4.69) is 19.9 Å². The van der Waals surface area contributed by atoms with Crippen LogP contribution in [0.3, 0.4) is 0 Å². The second-order valence-corrected chi connectivity index (χ2v) is 3.00. The van der Waals surface area contributed by atoms with Crippen molar-refractivity contribution in [3.05, 3.63) is 20.5 Å². The first-order valence-electron chi connectivity index (χ1n) is 2.86. The summed E-state index contributed by atoms with van der Waals surface area (Å²) in [6.45, 7) is 0. The van der Waals surface area contributed by atoms with Crippen LogP contribution in [0.5, 0.6) is 0 Å². The van der Waals surface area contributed by atoms with E-state index >= 15 is 0 Å². The topological polar surface area (TPSA) is 74.4 Å². The number of H-pyrrole nitrogens is 2. The summed E-state index contributed by atoms with van der Waals surface area (Å²) in [6, 6.07) is 0. The summed E-state index contributed by atoms with van der Waals surface area (Å²) in [5, 5.41) is 0. The van der Waals surface area contributed by atoms with Crippen LogP contribution in [0.15, 0.2) is 11.0 Å². The van der Waals surface area contributed by atoms with Crippen molar-refractivity contribution in [3.63, 3.8) is 0 Å².